The van der Waals surface area contributed by atoms with Gasteiger partial charge in [0.25, 0.3) is 0 Å². The number of imidazole rings is 1. The van der Waals surface area contributed by atoms with Gasteiger partial charge in [0.2, 0.25) is 0 Å². The van der Waals surface area contributed by atoms with Crippen molar-refractivity contribution in [1.29, 1.82) is 0 Å². The minimum atomic E-state index is -4.23. The van der Waals surface area contributed by atoms with Crippen LogP contribution in [0, 0.1) is 0 Å². The number of alkyl halides is 3. The Balaban J connectivity index is 1.78. The van der Waals surface area contributed by atoms with E-state index in [-0.39, 0.29) is 6.10 Å². The topological polar surface area (TPSA) is 42.3 Å². The van der Waals surface area contributed by atoms with Crippen molar-refractivity contribution < 1.29 is 17.9 Å². The first-order valence-corrected chi connectivity index (χ1v) is 6.51. The quantitative estimate of drug-likeness (QED) is 0.874. The fraction of sp³-hybridized carbons (Fsp3) is 0.750. The zero-order chi connectivity index (χ0) is 14.6. The first-order valence-electron chi connectivity index (χ1n) is 6.51. The van der Waals surface area contributed by atoms with E-state index < -0.39 is 12.7 Å². The number of nitrogens with one attached hydrogen (secondary N) is 1. The number of likely N-dealkylation sites (N-methyl/N-ethyl adjacent to an activating group) is 1. The van der Waals surface area contributed by atoms with Crippen molar-refractivity contribution in [2.75, 3.05) is 33.3 Å². The molecule has 5 nitrogen and oxygen atoms in total. The highest BCUT2D eigenvalue weighted by Crippen LogP contribution is 2.18. The maximum absolute atomic E-state index is 12.4. The zero-order valence-corrected chi connectivity index (χ0v) is 11.4. The van der Waals surface area contributed by atoms with Crippen molar-refractivity contribution in [2.45, 2.75) is 25.4 Å². The largest absolute Gasteiger partial charge is 0.406 e. The molecule has 1 N–H and O–H groups in total. The van der Waals surface area contributed by atoms with E-state index in [0.29, 0.717) is 25.5 Å². The van der Waals surface area contributed by atoms with E-state index in [1.807, 2.05) is 7.05 Å². The average molecular weight is 292 g/mol. The van der Waals surface area contributed by atoms with Crippen LogP contribution in [0.4, 0.5) is 13.2 Å². The van der Waals surface area contributed by atoms with Crippen molar-refractivity contribution >= 4 is 0 Å². The summed E-state index contributed by atoms with van der Waals surface area (Å²) in [7, 11) is 2.02. The zero-order valence-electron chi connectivity index (χ0n) is 11.4. The van der Waals surface area contributed by atoms with Crippen LogP contribution < -0.4 is 5.32 Å². The fourth-order valence-corrected chi connectivity index (χ4v) is 2.18. The third-order valence-corrected chi connectivity index (χ3v) is 3.15. The molecule has 1 atom stereocenters. The molecule has 0 spiro atoms. The lowest BCUT2D eigenvalue weighted by molar-refractivity contribution is -0.141. The predicted octanol–water partition coefficient (Wildman–Crippen LogP) is 0.866. The van der Waals surface area contributed by atoms with Crippen molar-refractivity contribution in [2.24, 2.45) is 0 Å². The Labute approximate surface area is 115 Å². The molecule has 1 fully saturated rings. The Morgan fingerprint density at radius 2 is 2.30 bits per heavy atom. The first kappa shape index (κ1) is 15.3. The second-order valence-corrected chi connectivity index (χ2v) is 4.97. The Bertz CT molecular complexity index is 421. The smallest absolute Gasteiger partial charge is 0.374 e. The van der Waals surface area contributed by atoms with E-state index in [1.54, 1.807) is 0 Å². The summed E-state index contributed by atoms with van der Waals surface area (Å²) in [6, 6.07) is 0. The van der Waals surface area contributed by atoms with E-state index in [9.17, 15) is 13.2 Å². The van der Waals surface area contributed by atoms with Gasteiger partial charge in [0.1, 0.15) is 12.4 Å². The van der Waals surface area contributed by atoms with Gasteiger partial charge < -0.3 is 19.5 Å². The number of nitrogens with zero attached hydrogens (tertiary/aromatic N) is 3. The number of rotatable bonds is 5. The Kier molecular flexibility index (Phi) is 5.00. The molecule has 1 aliphatic rings. The molecule has 1 aromatic rings. The second kappa shape index (κ2) is 6.55. The SMILES string of the molecule is CN1CCOC(CNCc2nccn2CC(F)(F)F)C1. The van der Waals surface area contributed by atoms with Crippen LogP contribution in [0.25, 0.3) is 0 Å². The highest BCUT2D eigenvalue weighted by Gasteiger charge is 2.28. The number of ether oxygens (including phenoxy) is 1. The molecular formula is C12H19F3N4O. The van der Waals surface area contributed by atoms with Crippen molar-refractivity contribution in [1.82, 2.24) is 19.8 Å². The molecule has 0 aromatic carbocycles. The Morgan fingerprint density at radius 3 is 3.00 bits per heavy atom. The summed E-state index contributed by atoms with van der Waals surface area (Å²) in [5.41, 5.74) is 0. The van der Waals surface area contributed by atoms with Gasteiger partial charge in [-0.05, 0) is 7.05 Å². The van der Waals surface area contributed by atoms with Gasteiger partial charge in [0.05, 0.1) is 19.3 Å². The summed E-state index contributed by atoms with van der Waals surface area (Å²) in [6.45, 7) is 2.31. The molecule has 8 heteroatoms. The van der Waals surface area contributed by atoms with Crippen LogP contribution in [-0.2, 0) is 17.8 Å². The minimum absolute atomic E-state index is 0.0692. The standard InChI is InChI=1S/C12H19F3N4O/c1-18-4-5-20-10(8-18)6-16-7-11-17-2-3-19(11)9-12(13,14)15/h2-3,10,16H,4-9H2,1H3. The number of morpholine rings is 1. The van der Waals surface area contributed by atoms with E-state index in [4.69, 9.17) is 4.74 Å². The molecule has 0 radical (unpaired) electrons. The van der Waals surface area contributed by atoms with Gasteiger partial charge in [-0.25, -0.2) is 4.98 Å². The number of hydrogen-bond acceptors (Lipinski definition) is 4. The molecular weight excluding hydrogens is 273 g/mol. The third kappa shape index (κ3) is 4.77. The monoisotopic (exact) mass is 292 g/mol. The minimum Gasteiger partial charge on any atom is -0.374 e. The van der Waals surface area contributed by atoms with Crippen molar-refractivity contribution in [3.8, 4) is 0 Å². The van der Waals surface area contributed by atoms with Crippen molar-refractivity contribution in [3.63, 3.8) is 0 Å². The normalized spacial score (nSPS) is 21.3. The first-order chi connectivity index (χ1) is 9.44. The molecule has 0 saturated carbocycles. The maximum atomic E-state index is 12.4. The molecule has 0 bridgehead atoms. The van der Waals surface area contributed by atoms with Crippen LogP contribution in [-0.4, -0.2) is 60.0 Å². The van der Waals surface area contributed by atoms with Gasteiger partial charge in [-0.1, -0.05) is 0 Å². The third-order valence-electron chi connectivity index (χ3n) is 3.15. The van der Waals surface area contributed by atoms with Gasteiger partial charge in [-0.3, -0.25) is 0 Å². The maximum Gasteiger partial charge on any atom is 0.406 e. The number of halogens is 3. The van der Waals surface area contributed by atoms with Crippen LogP contribution in [0.15, 0.2) is 12.4 Å². The number of aromatic nitrogens is 2. The molecule has 2 rings (SSSR count). The molecule has 0 aliphatic carbocycles. The van der Waals surface area contributed by atoms with Crippen LogP contribution in [0.2, 0.25) is 0 Å². The molecule has 1 saturated heterocycles. The van der Waals surface area contributed by atoms with Crippen LogP contribution in [0.5, 0.6) is 0 Å². The summed E-state index contributed by atoms with van der Waals surface area (Å²) < 4.78 is 43.8. The van der Waals surface area contributed by atoms with Gasteiger partial charge in [0.15, 0.2) is 0 Å². The summed E-state index contributed by atoms with van der Waals surface area (Å²) in [6.07, 6.45) is -1.44. The fourth-order valence-electron chi connectivity index (χ4n) is 2.18. The number of hydrogen-bond donors (Lipinski definition) is 1. The average Bonchev–Trinajstić information content (AvgIpc) is 2.74. The van der Waals surface area contributed by atoms with Gasteiger partial charge in [-0.2, -0.15) is 13.2 Å². The molecule has 1 unspecified atom stereocenters. The van der Waals surface area contributed by atoms with E-state index in [0.717, 1.165) is 17.7 Å². The van der Waals surface area contributed by atoms with Crippen LogP contribution in [0.3, 0.4) is 0 Å². The lowest BCUT2D eigenvalue weighted by atomic mass is 10.3. The predicted molar refractivity (Wildman–Crippen MR) is 67.2 cm³/mol. The van der Waals surface area contributed by atoms with Gasteiger partial charge in [-0.15, -0.1) is 0 Å². The highest BCUT2D eigenvalue weighted by molar-refractivity contribution is 4.93. The summed E-state index contributed by atoms with van der Waals surface area (Å²) in [5, 5.41) is 3.10. The molecule has 20 heavy (non-hydrogen) atoms. The molecule has 114 valence electrons. The lowest BCUT2D eigenvalue weighted by Gasteiger charge is -2.30. The van der Waals surface area contributed by atoms with E-state index >= 15 is 0 Å². The summed E-state index contributed by atoms with van der Waals surface area (Å²) in [4.78, 5) is 6.11. The molecule has 2 heterocycles. The molecule has 1 aliphatic heterocycles. The van der Waals surface area contributed by atoms with Crippen molar-refractivity contribution in [3.05, 3.63) is 18.2 Å². The van der Waals surface area contributed by atoms with Crippen LogP contribution >= 0.6 is 0 Å². The molecule has 1 aromatic heterocycles. The summed E-state index contributed by atoms with van der Waals surface area (Å²) >= 11 is 0. The van der Waals surface area contributed by atoms with E-state index in [1.165, 1.54) is 12.4 Å². The second-order valence-electron chi connectivity index (χ2n) is 4.97. The van der Waals surface area contributed by atoms with Gasteiger partial charge in [0, 0.05) is 32.0 Å². The lowest BCUT2D eigenvalue weighted by Crippen LogP contribution is -2.44. The highest BCUT2D eigenvalue weighted by atomic mass is 19.4. The molecule has 0 amide bonds. The van der Waals surface area contributed by atoms with Gasteiger partial charge >= 0.3 is 6.18 Å². The Morgan fingerprint density at radius 1 is 1.50 bits per heavy atom. The Hall–Kier alpha value is -1.12. The van der Waals surface area contributed by atoms with E-state index in [2.05, 4.69) is 15.2 Å². The summed E-state index contributed by atoms with van der Waals surface area (Å²) in [5.74, 6) is 0.381. The van der Waals surface area contributed by atoms with Crippen LogP contribution in [0.1, 0.15) is 5.82 Å².